The zero-order valence-corrected chi connectivity index (χ0v) is 18.9. The van der Waals surface area contributed by atoms with Gasteiger partial charge in [-0.3, -0.25) is 4.79 Å². The molecule has 1 amide bonds. The maximum Gasteiger partial charge on any atom is 0.252 e. The summed E-state index contributed by atoms with van der Waals surface area (Å²) < 4.78 is 12.0. The van der Waals surface area contributed by atoms with E-state index in [0.717, 1.165) is 26.5 Å². The Labute approximate surface area is 189 Å². The van der Waals surface area contributed by atoms with Gasteiger partial charge in [0.15, 0.2) is 11.5 Å². The second-order valence-corrected chi connectivity index (χ2v) is 7.97. The van der Waals surface area contributed by atoms with Crippen LogP contribution in [-0.2, 0) is 0 Å². The van der Waals surface area contributed by atoms with E-state index in [1.165, 1.54) is 0 Å². The number of rotatable bonds is 7. The maximum atomic E-state index is 12.9. The van der Waals surface area contributed by atoms with Crippen LogP contribution in [0.4, 0.5) is 0 Å². The Kier molecular flexibility index (Phi) is 6.28. The Balaban J connectivity index is 1.75. The molecule has 2 N–H and O–H groups in total. The van der Waals surface area contributed by atoms with E-state index in [2.05, 4.69) is 32.3 Å². The lowest BCUT2D eigenvalue weighted by atomic mass is 9.89. The van der Waals surface area contributed by atoms with Crippen molar-refractivity contribution < 1.29 is 14.3 Å². The van der Waals surface area contributed by atoms with E-state index in [4.69, 9.17) is 9.47 Å². The fraction of sp³-hybridized carbons (Fsp3) is 0.160. The van der Waals surface area contributed by atoms with Gasteiger partial charge in [-0.25, -0.2) is 0 Å². The van der Waals surface area contributed by atoms with Gasteiger partial charge in [-0.05, 0) is 45.8 Å². The molecule has 1 heterocycles. The van der Waals surface area contributed by atoms with Gasteiger partial charge >= 0.3 is 0 Å². The van der Waals surface area contributed by atoms with Gasteiger partial charge in [0.05, 0.1) is 19.8 Å². The molecular weight excluding hydrogens is 456 g/mol. The molecule has 0 fully saturated rings. The van der Waals surface area contributed by atoms with E-state index in [0.29, 0.717) is 23.6 Å². The van der Waals surface area contributed by atoms with Crippen molar-refractivity contribution in [1.82, 2.24) is 10.3 Å². The number of hydrogen-bond donors (Lipinski definition) is 2. The molecule has 4 aromatic rings. The molecule has 0 spiro atoms. The van der Waals surface area contributed by atoms with Crippen molar-refractivity contribution in [2.45, 2.75) is 5.92 Å². The lowest BCUT2D eigenvalue weighted by Crippen LogP contribution is -2.29. The molecule has 1 unspecified atom stereocenters. The van der Waals surface area contributed by atoms with Crippen LogP contribution in [0.3, 0.4) is 0 Å². The van der Waals surface area contributed by atoms with Crippen LogP contribution in [0.15, 0.2) is 77.4 Å². The van der Waals surface area contributed by atoms with E-state index < -0.39 is 0 Å². The first-order valence-electron chi connectivity index (χ1n) is 9.93. The predicted molar refractivity (Wildman–Crippen MR) is 126 cm³/mol. The third-order valence-corrected chi connectivity index (χ3v) is 6.08. The molecule has 4 rings (SSSR count). The summed E-state index contributed by atoms with van der Waals surface area (Å²) in [6, 6.07) is 21.3. The van der Waals surface area contributed by atoms with Crippen molar-refractivity contribution in [3.8, 4) is 11.5 Å². The zero-order chi connectivity index (χ0) is 21.8. The van der Waals surface area contributed by atoms with E-state index in [-0.39, 0.29) is 11.8 Å². The molecule has 3 aromatic carbocycles. The number of ether oxygens (including phenoxy) is 2. The zero-order valence-electron chi connectivity index (χ0n) is 17.3. The summed E-state index contributed by atoms with van der Waals surface area (Å²) in [6.45, 7) is 0.394. The van der Waals surface area contributed by atoms with Gasteiger partial charge in [-0.15, -0.1) is 0 Å². The van der Waals surface area contributed by atoms with Gasteiger partial charge in [0.25, 0.3) is 5.91 Å². The highest BCUT2D eigenvalue weighted by Gasteiger charge is 2.24. The molecule has 6 heteroatoms. The van der Waals surface area contributed by atoms with Crippen molar-refractivity contribution >= 4 is 32.7 Å². The minimum absolute atomic E-state index is 0.140. The second-order valence-electron chi connectivity index (χ2n) is 7.11. The van der Waals surface area contributed by atoms with Crippen LogP contribution in [0.1, 0.15) is 27.4 Å². The molecule has 0 aliphatic carbocycles. The molecule has 0 aliphatic heterocycles. The Morgan fingerprint density at radius 1 is 0.968 bits per heavy atom. The van der Waals surface area contributed by atoms with Crippen LogP contribution in [0.25, 0.3) is 10.9 Å². The first kappa shape index (κ1) is 21.0. The predicted octanol–water partition coefficient (Wildman–Crippen LogP) is 5.51. The Morgan fingerprint density at radius 2 is 1.74 bits per heavy atom. The number of aromatic amines is 1. The summed E-state index contributed by atoms with van der Waals surface area (Å²) in [5.74, 6) is 1.03. The Morgan fingerprint density at radius 3 is 2.52 bits per heavy atom. The van der Waals surface area contributed by atoms with Crippen LogP contribution in [-0.4, -0.2) is 31.7 Å². The van der Waals surface area contributed by atoms with Crippen LogP contribution < -0.4 is 14.8 Å². The Hall–Kier alpha value is -3.25. The molecule has 1 atom stereocenters. The topological polar surface area (TPSA) is 63.3 Å². The van der Waals surface area contributed by atoms with E-state index in [1.54, 1.807) is 20.3 Å². The first-order chi connectivity index (χ1) is 15.1. The Bertz CT molecular complexity index is 1220. The highest BCUT2D eigenvalue weighted by Crippen LogP contribution is 2.40. The van der Waals surface area contributed by atoms with Gasteiger partial charge in [0.2, 0.25) is 0 Å². The fourth-order valence-corrected chi connectivity index (χ4v) is 4.36. The standard InChI is InChI=1S/C25H23BrN2O3/c1-30-23-13-7-10-17(24(23)31-2)20(19-14-27-22-12-6-4-8-16(19)22)15-28-25(29)18-9-3-5-11-21(18)26/h3-14,20,27H,15H2,1-2H3,(H,28,29). The summed E-state index contributed by atoms with van der Waals surface area (Å²) in [6.07, 6.45) is 2.00. The smallest absolute Gasteiger partial charge is 0.252 e. The third kappa shape index (κ3) is 4.16. The van der Waals surface area contributed by atoms with E-state index >= 15 is 0 Å². The minimum Gasteiger partial charge on any atom is -0.493 e. The lowest BCUT2D eigenvalue weighted by Gasteiger charge is -2.22. The largest absolute Gasteiger partial charge is 0.493 e. The molecule has 158 valence electrons. The number of H-pyrrole nitrogens is 1. The van der Waals surface area contributed by atoms with Crippen molar-refractivity contribution in [2.75, 3.05) is 20.8 Å². The number of para-hydroxylation sites is 2. The van der Waals surface area contributed by atoms with Gasteiger partial charge in [-0.2, -0.15) is 0 Å². The molecule has 5 nitrogen and oxygen atoms in total. The average molecular weight is 479 g/mol. The SMILES string of the molecule is COc1cccc(C(CNC(=O)c2ccccc2Br)c2c[nH]c3ccccc23)c1OC. The van der Waals surface area contributed by atoms with Gasteiger partial charge in [0.1, 0.15) is 0 Å². The number of amides is 1. The van der Waals surface area contributed by atoms with Crippen LogP contribution in [0, 0.1) is 0 Å². The number of carbonyl (C=O) groups is 1. The summed E-state index contributed by atoms with van der Waals surface area (Å²) in [4.78, 5) is 16.2. The number of hydrogen-bond acceptors (Lipinski definition) is 3. The van der Waals surface area contributed by atoms with Gasteiger partial charge < -0.3 is 19.8 Å². The third-order valence-electron chi connectivity index (χ3n) is 5.39. The summed E-state index contributed by atoms with van der Waals surface area (Å²) in [7, 11) is 3.25. The summed E-state index contributed by atoms with van der Waals surface area (Å²) >= 11 is 3.46. The number of nitrogens with one attached hydrogen (secondary N) is 2. The quantitative estimate of drug-likeness (QED) is 0.368. The van der Waals surface area contributed by atoms with Gasteiger partial charge in [-0.1, -0.05) is 42.5 Å². The van der Waals surface area contributed by atoms with E-state index in [1.807, 2.05) is 60.8 Å². The number of aromatic nitrogens is 1. The van der Waals surface area contributed by atoms with Crippen molar-refractivity contribution in [2.24, 2.45) is 0 Å². The van der Waals surface area contributed by atoms with Crippen molar-refractivity contribution in [3.63, 3.8) is 0 Å². The number of benzene rings is 3. The maximum absolute atomic E-state index is 12.9. The minimum atomic E-state index is -0.146. The van der Waals surface area contributed by atoms with Crippen LogP contribution in [0.5, 0.6) is 11.5 Å². The average Bonchev–Trinajstić information content (AvgIpc) is 3.23. The fourth-order valence-electron chi connectivity index (χ4n) is 3.89. The highest BCUT2D eigenvalue weighted by atomic mass is 79.9. The summed E-state index contributed by atoms with van der Waals surface area (Å²) in [5, 5.41) is 4.21. The molecule has 1 aromatic heterocycles. The molecule has 0 bridgehead atoms. The molecule has 0 aliphatic rings. The highest BCUT2D eigenvalue weighted by molar-refractivity contribution is 9.10. The number of carbonyl (C=O) groups excluding carboxylic acids is 1. The molecular formula is C25H23BrN2O3. The van der Waals surface area contributed by atoms with Crippen molar-refractivity contribution in [3.05, 3.63) is 94.1 Å². The molecule has 0 saturated carbocycles. The molecule has 0 saturated heterocycles. The van der Waals surface area contributed by atoms with Crippen molar-refractivity contribution in [1.29, 1.82) is 0 Å². The molecule has 31 heavy (non-hydrogen) atoms. The molecule has 0 radical (unpaired) electrons. The second kappa shape index (κ2) is 9.27. The summed E-state index contributed by atoms with van der Waals surface area (Å²) in [5.41, 5.74) is 3.66. The van der Waals surface area contributed by atoms with Crippen LogP contribution >= 0.6 is 15.9 Å². The lowest BCUT2D eigenvalue weighted by molar-refractivity contribution is 0.0951. The van der Waals surface area contributed by atoms with E-state index in [9.17, 15) is 4.79 Å². The number of halogens is 1. The van der Waals surface area contributed by atoms with Crippen LogP contribution in [0.2, 0.25) is 0 Å². The first-order valence-corrected chi connectivity index (χ1v) is 10.7. The normalized spacial score (nSPS) is 11.8. The van der Waals surface area contributed by atoms with Gasteiger partial charge in [0, 0.05) is 39.6 Å². The number of methoxy groups -OCH3 is 2. The number of fused-ring (bicyclic) bond motifs is 1. The monoisotopic (exact) mass is 478 g/mol.